The van der Waals surface area contributed by atoms with E-state index in [2.05, 4.69) is 0 Å². The molecule has 0 amide bonds. The molecule has 4 nitrogen and oxygen atoms in total. The van der Waals surface area contributed by atoms with Crippen molar-refractivity contribution in [3.63, 3.8) is 0 Å². The Morgan fingerprint density at radius 2 is 1.52 bits per heavy atom. The molecule has 0 spiro atoms. The second-order valence-electron chi connectivity index (χ2n) is 6.81. The van der Waals surface area contributed by atoms with Gasteiger partial charge in [0.05, 0.1) is 20.5 Å². The predicted octanol–water partition coefficient (Wildman–Crippen LogP) is 8.80. The Kier molecular flexibility index (Phi) is 6.55. The fourth-order valence-corrected chi connectivity index (χ4v) is 7.54. The number of carbonyl (C=O) groups is 1. The molecule has 0 fully saturated rings. The molecule has 0 bridgehead atoms. The minimum atomic E-state index is -4.55. The molecule has 3 aromatic rings. The van der Waals surface area contributed by atoms with E-state index in [0.29, 0.717) is 16.9 Å². The first-order chi connectivity index (χ1) is 15.4. The summed E-state index contributed by atoms with van der Waals surface area (Å²) in [6.07, 6.45) is -4.55. The Bertz CT molecular complexity index is 1320. The molecular formula is C21H11Cl3F3O4PS. The molecule has 0 radical (unpaired) electrons. The Labute approximate surface area is 205 Å². The molecule has 1 atom stereocenters. The Balaban J connectivity index is 1.66. The minimum Gasteiger partial charge on any atom is -0.417 e. The quantitative estimate of drug-likeness (QED) is 0.231. The molecule has 4 rings (SSSR count). The van der Waals surface area contributed by atoms with E-state index >= 15 is 0 Å². The van der Waals surface area contributed by atoms with E-state index in [4.69, 9.17) is 43.9 Å². The van der Waals surface area contributed by atoms with Crippen LogP contribution in [0.15, 0.2) is 53.4 Å². The predicted molar refractivity (Wildman–Crippen MR) is 123 cm³/mol. The maximum atomic E-state index is 13.2. The summed E-state index contributed by atoms with van der Waals surface area (Å²) in [5.41, 5.74) is -0.118. The monoisotopic (exact) mass is 552 g/mol. The highest BCUT2D eigenvalue weighted by Crippen LogP contribution is 2.65. The number of rotatable bonds is 5. The largest absolute Gasteiger partial charge is 0.444 e. The Hall–Kier alpha value is -1.67. The lowest BCUT2D eigenvalue weighted by Gasteiger charge is -2.18. The first kappa shape index (κ1) is 24.5. The first-order valence-corrected chi connectivity index (χ1v) is 13.1. The van der Waals surface area contributed by atoms with Crippen molar-refractivity contribution in [2.24, 2.45) is 0 Å². The van der Waals surface area contributed by atoms with Gasteiger partial charge in [0.2, 0.25) is 0 Å². The van der Waals surface area contributed by atoms with Crippen molar-refractivity contribution in [1.82, 2.24) is 0 Å². The minimum absolute atomic E-state index is 0.0184. The lowest BCUT2D eigenvalue weighted by atomic mass is 10.0. The second-order valence-corrected chi connectivity index (χ2v) is 12.0. The van der Waals surface area contributed by atoms with Crippen molar-refractivity contribution in [2.75, 3.05) is 7.11 Å². The van der Waals surface area contributed by atoms with E-state index in [1.165, 1.54) is 37.4 Å². The van der Waals surface area contributed by atoms with Gasteiger partial charge in [-0.05, 0) is 59.7 Å². The number of ketones is 1. The van der Waals surface area contributed by atoms with Gasteiger partial charge in [0, 0.05) is 34.6 Å². The molecule has 0 saturated carbocycles. The van der Waals surface area contributed by atoms with Gasteiger partial charge in [0.1, 0.15) is 5.75 Å². The molecular weight excluding hydrogens is 543 g/mol. The summed E-state index contributed by atoms with van der Waals surface area (Å²) in [5, 5.41) is 0.560. The van der Waals surface area contributed by atoms with Gasteiger partial charge in [-0.3, -0.25) is 9.32 Å². The third-order valence-corrected chi connectivity index (χ3v) is 9.38. The van der Waals surface area contributed by atoms with Crippen LogP contribution in [0.1, 0.15) is 21.5 Å². The van der Waals surface area contributed by atoms with E-state index in [0.717, 1.165) is 18.2 Å². The third-order valence-electron chi connectivity index (χ3n) is 4.72. The summed E-state index contributed by atoms with van der Waals surface area (Å²) < 4.78 is 63.2. The standard InChI is InChI=1S/C21H11Cl3F3O4PS/c1-30-32(29,33-20-17(23)7-11(22)8-18(20)24)31-12-3-5-13-15-6-10(21(25,26)27)2-4-14(15)19(28)16(13)9-12/h2-9H,1H3. The molecule has 0 saturated heterocycles. The van der Waals surface area contributed by atoms with E-state index in [1.54, 1.807) is 0 Å². The van der Waals surface area contributed by atoms with Crippen LogP contribution < -0.4 is 4.52 Å². The van der Waals surface area contributed by atoms with Crippen LogP contribution in [0, 0.1) is 0 Å². The van der Waals surface area contributed by atoms with Crippen LogP contribution >= 0.6 is 53.0 Å². The van der Waals surface area contributed by atoms with Crippen LogP contribution in [-0.2, 0) is 15.3 Å². The van der Waals surface area contributed by atoms with Crippen molar-refractivity contribution in [3.8, 4) is 16.9 Å². The molecule has 0 aromatic heterocycles. The van der Waals surface area contributed by atoms with Gasteiger partial charge in [-0.2, -0.15) is 13.2 Å². The number of alkyl halides is 3. The van der Waals surface area contributed by atoms with Crippen LogP contribution in [0.5, 0.6) is 5.75 Å². The fourth-order valence-electron chi connectivity index (χ4n) is 3.24. The smallest absolute Gasteiger partial charge is 0.417 e. The summed E-state index contributed by atoms with van der Waals surface area (Å²) in [5.74, 6) is -0.451. The molecule has 0 N–H and O–H groups in total. The molecule has 0 heterocycles. The molecule has 0 aliphatic heterocycles. The lowest BCUT2D eigenvalue weighted by molar-refractivity contribution is -0.137. The normalized spacial score (nSPS) is 14.6. The zero-order valence-electron chi connectivity index (χ0n) is 16.4. The number of halogens is 6. The molecule has 1 aliphatic carbocycles. The van der Waals surface area contributed by atoms with Crippen LogP contribution in [0.25, 0.3) is 11.1 Å². The van der Waals surface area contributed by atoms with Gasteiger partial charge in [0.15, 0.2) is 5.78 Å². The van der Waals surface area contributed by atoms with Crippen LogP contribution in [0.2, 0.25) is 15.1 Å². The summed E-state index contributed by atoms with van der Waals surface area (Å²) in [6.45, 7) is -3.92. The first-order valence-electron chi connectivity index (χ1n) is 9.02. The highest BCUT2D eigenvalue weighted by molar-refractivity contribution is 8.55. The highest BCUT2D eigenvalue weighted by atomic mass is 35.5. The molecule has 1 unspecified atom stereocenters. The maximum Gasteiger partial charge on any atom is 0.444 e. The Morgan fingerprint density at radius 1 is 0.879 bits per heavy atom. The molecule has 172 valence electrons. The van der Waals surface area contributed by atoms with Crippen molar-refractivity contribution >= 4 is 58.8 Å². The number of benzene rings is 3. The summed E-state index contributed by atoms with van der Waals surface area (Å²) in [4.78, 5) is 13.0. The Morgan fingerprint density at radius 3 is 2.12 bits per heavy atom. The van der Waals surface area contributed by atoms with Crippen LogP contribution in [0.4, 0.5) is 13.2 Å². The van der Waals surface area contributed by atoms with E-state index in [1.807, 2.05) is 0 Å². The van der Waals surface area contributed by atoms with E-state index < -0.39 is 24.3 Å². The van der Waals surface area contributed by atoms with Gasteiger partial charge < -0.3 is 4.52 Å². The average molecular weight is 554 g/mol. The molecule has 1 aliphatic rings. The van der Waals surface area contributed by atoms with E-state index in [9.17, 15) is 22.5 Å². The fraction of sp³-hybridized carbons (Fsp3) is 0.0952. The van der Waals surface area contributed by atoms with Gasteiger partial charge in [-0.1, -0.05) is 34.8 Å². The lowest BCUT2D eigenvalue weighted by Crippen LogP contribution is -2.05. The van der Waals surface area contributed by atoms with Crippen LogP contribution in [0.3, 0.4) is 0 Å². The molecule has 12 heteroatoms. The highest BCUT2D eigenvalue weighted by Gasteiger charge is 2.35. The van der Waals surface area contributed by atoms with Crippen molar-refractivity contribution in [3.05, 3.63) is 80.3 Å². The second kappa shape index (κ2) is 8.84. The molecule has 3 aromatic carbocycles. The summed E-state index contributed by atoms with van der Waals surface area (Å²) in [7, 11) is 1.17. The zero-order valence-corrected chi connectivity index (χ0v) is 20.4. The van der Waals surface area contributed by atoms with Gasteiger partial charge >= 0.3 is 13.0 Å². The number of carbonyl (C=O) groups excluding carboxylic acids is 1. The molecule has 33 heavy (non-hydrogen) atoms. The number of fused-ring (bicyclic) bond motifs is 3. The summed E-state index contributed by atoms with van der Waals surface area (Å²) >= 11 is 18.8. The van der Waals surface area contributed by atoms with Crippen LogP contribution in [-0.4, -0.2) is 12.9 Å². The topological polar surface area (TPSA) is 52.6 Å². The zero-order chi connectivity index (χ0) is 24.1. The number of hydrogen-bond donors (Lipinski definition) is 0. The third kappa shape index (κ3) is 4.78. The van der Waals surface area contributed by atoms with E-state index in [-0.39, 0.29) is 42.4 Å². The van der Waals surface area contributed by atoms with Gasteiger partial charge in [-0.15, -0.1) is 0 Å². The van der Waals surface area contributed by atoms with Gasteiger partial charge in [0.25, 0.3) is 0 Å². The van der Waals surface area contributed by atoms with Crippen molar-refractivity contribution in [2.45, 2.75) is 11.1 Å². The maximum absolute atomic E-state index is 13.2. The average Bonchev–Trinajstić information content (AvgIpc) is 3.01. The summed E-state index contributed by atoms with van der Waals surface area (Å²) in [6, 6.07) is 9.88. The SMILES string of the molecule is COP(=O)(Oc1ccc2c(c1)C(=O)c1ccc(C(F)(F)F)cc1-2)Sc1c(Cl)cc(Cl)cc1Cl. The van der Waals surface area contributed by atoms with Crippen molar-refractivity contribution < 1.29 is 31.6 Å². The number of hydrogen-bond acceptors (Lipinski definition) is 5. The van der Waals surface area contributed by atoms with Gasteiger partial charge in [-0.25, -0.2) is 4.57 Å². The van der Waals surface area contributed by atoms with Crippen molar-refractivity contribution in [1.29, 1.82) is 0 Å².